The van der Waals surface area contributed by atoms with Gasteiger partial charge in [0.1, 0.15) is 11.2 Å². The van der Waals surface area contributed by atoms with Gasteiger partial charge < -0.3 is 34.8 Å². The smallest absolute Gasteiger partial charge is 0.328 e. The van der Waals surface area contributed by atoms with E-state index in [1.54, 1.807) is 7.11 Å². The van der Waals surface area contributed by atoms with Crippen LogP contribution in [-0.4, -0.2) is 103 Å². The van der Waals surface area contributed by atoms with Crippen LogP contribution in [0.3, 0.4) is 0 Å². The van der Waals surface area contributed by atoms with Crippen LogP contribution in [0.5, 0.6) is 5.75 Å². The van der Waals surface area contributed by atoms with Crippen LogP contribution in [0.15, 0.2) is 156 Å². The maximum atomic E-state index is 12.4. The molecule has 5 N–H and O–H groups in total. The van der Waals surface area contributed by atoms with Crippen LogP contribution in [0.1, 0.15) is 81.2 Å². The molecular formula is C59H76N6O7S2. The van der Waals surface area contributed by atoms with Crippen LogP contribution < -0.4 is 26.0 Å². The Hall–Kier alpha value is -5.94. The third kappa shape index (κ3) is 15.1. The zero-order chi connectivity index (χ0) is 54.0. The monoisotopic (exact) mass is 1040 g/mol. The molecule has 15 heteroatoms. The Bertz CT molecular complexity index is 2520. The number of fused-ring (bicyclic) bond motifs is 2. The van der Waals surface area contributed by atoms with E-state index in [1.165, 1.54) is 33.7 Å². The third-order valence-corrected chi connectivity index (χ3v) is 16.8. The highest BCUT2D eigenvalue weighted by molar-refractivity contribution is 7.99. The molecule has 2 aliphatic heterocycles. The molecule has 8 rings (SSSR count). The minimum absolute atomic E-state index is 0.131. The summed E-state index contributed by atoms with van der Waals surface area (Å²) in [6.45, 7) is 11.5. The number of rotatable bonds is 16. The number of methoxy groups -OCH3 is 1. The standard InChI is InChI=1S/C17H20N2S.C16H25NO2.C15H15NO2S.C11H16N2O3/c1-13(18(2)3)12-19-14-8-4-6-10-16(14)20-17-11-7-5-9-15(17)19;1-17(2)12-14-7-4-5-10-16(14,18)13-8-6-9-15(11-13)19-3;16-14(17)11-19(18)15(12-7-3-1-4-8-12)13-9-5-2-6-10-13;1-4-6-11(7(3)5-2)8(14)12-10(16)13-9(11)15/h4-11,13H,12H2,1-3H3;6,8-9,11,14,18H,4-5,7,10,12H2,1-3H3;1-10,15H,11H2,(H2,16,17);4,7H,1,5-6H2,2-3H3,(H2,12,13,14,15,16)/t;14-,16+;;/m.1../s1. The summed E-state index contributed by atoms with van der Waals surface area (Å²) in [5.74, 6) is -0.780. The summed E-state index contributed by atoms with van der Waals surface area (Å²) in [5.41, 5.74) is 8.74. The SMILES string of the molecule is C=CCC1(C(C)CC)C(=O)NC(=O)NC1=O.CC(CN1c2ccccc2Sc2ccccc21)N(C)C.COc1cccc([C@@]2(O)CCCC[C@@H]2CN(C)C)c1.NC(=O)C[S+]([O-])C(c1ccccc1)c1ccccc1. The van der Waals surface area contributed by atoms with Gasteiger partial charge in [-0.15, -0.1) is 6.58 Å². The quantitative estimate of drug-likeness (QED) is 0.0420. The topological polar surface area (TPSA) is 181 Å². The minimum atomic E-state index is -1.36. The summed E-state index contributed by atoms with van der Waals surface area (Å²) in [4.78, 5) is 55.4. The number of nitrogens with one attached hydrogen (secondary N) is 2. The van der Waals surface area contributed by atoms with Crippen molar-refractivity contribution in [2.75, 3.05) is 59.0 Å². The lowest BCUT2D eigenvalue weighted by molar-refractivity contribution is -0.148. The van der Waals surface area contributed by atoms with Gasteiger partial charge in [0, 0.05) is 46.0 Å². The van der Waals surface area contributed by atoms with Gasteiger partial charge >= 0.3 is 6.03 Å². The van der Waals surface area contributed by atoms with Gasteiger partial charge in [-0.2, -0.15) is 0 Å². The number of nitrogens with zero attached hydrogens (tertiary/aromatic N) is 3. The lowest BCUT2D eigenvalue weighted by Gasteiger charge is -2.41. The van der Waals surface area contributed by atoms with Crippen molar-refractivity contribution in [3.8, 4) is 5.75 Å². The zero-order valence-corrected chi connectivity index (χ0v) is 45.9. The van der Waals surface area contributed by atoms with Gasteiger partial charge in [0.05, 0.1) is 24.1 Å². The van der Waals surface area contributed by atoms with Crippen LogP contribution >= 0.6 is 11.8 Å². The van der Waals surface area contributed by atoms with E-state index < -0.39 is 45.9 Å². The molecule has 1 aliphatic carbocycles. The van der Waals surface area contributed by atoms with Gasteiger partial charge in [-0.1, -0.05) is 148 Å². The van der Waals surface area contributed by atoms with Gasteiger partial charge in [0.25, 0.3) is 5.91 Å². The number of urea groups is 1. The number of benzene rings is 5. The van der Waals surface area contributed by atoms with E-state index in [2.05, 4.69) is 116 Å². The van der Waals surface area contributed by atoms with Crippen molar-refractivity contribution in [2.24, 2.45) is 23.0 Å². The van der Waals surface area contributed by atoms with E-state index >= 15 is 0 Å². The van der Waals surface area contributed by atoms with Crippen molar-refractivity contribution < 1.29 is 33.6 Å². The van der Waals surface area contributed by atoms with Crippen LogP contribution in [0.4, 0.5) is 16.2 Å². The second kappa shape index (κ2) is 28.1. The third-order valence-electron chi connectivity index (χ3n) is 14.0. The first kappa shape index (κ1) is 58.9. The average Bonchev–Trinajstić information content (AvgIpc) is 3.38. The number of primary amides is 1. The summed E-state index contributed by atoms with van der Waals surface area (Å²) in [5, 5.41) is 15.2. The highest BCUT2D eigenvalue weighted by Crippen LogP contribution is 2.48. The Balaban J connectivity index is 0.000000183. The molecule has 3 aliphatic rings. The molecule has 396 valence electrons. The second-order valence-corrected chi connectivity index (χ2v) is 22.1. The number of anilines is 2. The number of allylic oxidation sites excluding steroid dienone is 1. The van der Waals surface area contributed by atoms with Crippen molar-refractivity contribution in [3.63, 3.8) is 0 Å². The van der Waals surface area contributed by atoms with Crippen molar-refractivity contribution >= 4 is 58.1 Å². The fourth-order valence-electron chi connectivity index (χ4n) is 9.54. The summed E-state index contributed by atoms with van der Waals surface area (Å²) < 4.78 is 17.7. The molecule has 2 fully saturated rings. The van der Waals surface area contributed by atoms with E-state index in [1.807, 2.05) is 111 Å². The predicted molar refractivity (Wildman–Crippen MR) is 300 cm³/mol. The molecule has 5 amide bonds. The first-order valence-corrected chi connectivity index (χ1v) is 27.4. The zero-order valence-electron chi connectivity index (χ0n) is 44.3. The first-order valence-electron chi connectivity index (χ1n) is 25.2. The van der Waals surface area contributed by atoms with Gasteiger partial charge in [-0.05, 0) is 113 Å². The molecule has 0 aromatic heterocycles. The Kier molecular flexibility index (Phi) is 22.4. The molecule has 0 bridgehead atoms. The molecule has 13 nitrogen and oxygen atoms in total. The van der Waals surface area contributed by atoms with Gasteiger partial charge in [-0.25, -0.2) is 4.79 Å². The van der Waals surface area contributed by atoms with E-state index in [4.69, 9.17) is 10.5 Å². The molecule has 5 atom stereocenters. The van der Waals surface area contributed by atoms with Crippen molar-refractivity contribution in [1.29, 1.82) is 0 Å². The number of likely N-dealkylation sites (N-methyl/N-ethyl adjacent to an activating group) is 1. The van der Waals surface area contributed by atoms with Crippen LogP contribution in [0.2, 0.25) is 0 Å². The lowest BCUT2D eigenvalue weighted by Crippen LogP contribution is -2.64. The largest absolute Gasteiger partial charge is 0.615 e. The molecule has 0 spiro atoms. The predicted octanol–water partition coefficient (Wildman–Crippen LogP) is 9.85. The first-order chi connectivity index (χ1) is 35.4. The van der Waals surface area contributed by atoms with E-state index in [0.29, 0.717) is 18.4 Å². The summed E-state index contributed by atoms with van der Waals surface area (Å²) >= 11 is 0.502. The number of hydrogen-bond donors (Lipinski definition) is 4. The molecule has 1 saturated carbocycles. The van der Waals surface area contributed by atoms with E-state index in [0.717, 1.165) is 54.8 Å². The van der Waals surface area contributed by atoms with Crippen LogP contribution in [0, 0.1) is 17.3 Å². The highest BCUT2D eigenvalue weighted by atomic mass is 32.2. The maximum Gasteiger partial charge on any atom is 0.328 e. The second-order valence-electron chi connectivity index (χ2n) is 19.5. The number of para-hydroxylation sites is 2. The molecule has 5 aromatic carbocycles. The Labute approximate surface area is 446 Å². The van der Waals surface area contributed by atoms with Crippen LogP contribution in [0.25, 0.3) is 0 Å². The van der Waals surface area contributed by atoms with E-state index in [9.17, 15) is 28.8 Å². The number of barbiturate groups is 1. The summed E-state index contributed by atoms with van der Waals surface area (Å²) in [7, 11) is 10.1. The van der Waals surface area contributed by atoms with Gasteiger partial charge in [-0.3, -0.25) is 25.0 Å². The lowest BCUT2D eigenvalue weighted by atomic mass is 9.70. The van der Waals surface area contributed by atoms with Crippen molar-refractivity contribution in [3.05, 3.63) is 163 Å². The summed E-state index contributed by atoms with van der Waals surface area (Å²) in [6, 6.07) is 44.0. The minimum Gasteiger partial charge on any atom is -0.615 e. The van der Waals surface area contributed by atoms with E-state index in [-0.39, 0.29) is 23.3 Å². The van der Waals surface area contributed by atoms with Crippen LogP contribution in [-0.2, 0) is 31.2 Å². The molecule has 5 aromatic rings. The number of nitrogens with two attached hydrogens (primary N) is 1. The number of imide groups is 2. The fraction of sp³-hybridized carbons (Fsp3) is 0.390. The Morgan fingerprint density at radius 2 is 1.41 bits per heavy atom. The molecule has 2 heterocycles. The number of carbonyl (C=O) groups is 4. The fourth-order valence-corrected chi connectivity index (χ4v) is 12.0. The molecule has 3 unspecified atom stereocenters. The average molecular weight is 1050 g/mol. The van der Waals surface area contributed by atoms with Crippen molar-refractivity contribution in [1.82, 2.24) is 20.4 Å². The number of carbonyl (C=O) groups excluding carboxylic acids is 4. The molecule has 1 saturated heterocycles. The maximum absolute atomic E-state index is 12.4. The molecule has 74 heavy (non-hydrogen) atoms. The van der Waals surface area contributed by atoms with Crippen molar-refractivity contribution in [2.45, 2.75) is 86.0 Å². The molecule has 0 radical (unpaired) electrons. The number of hydrogen-bond acceptors (Lipinski definition) is 11. The number of amides is 5. The van der Waals surface area contributed by atoms with Gasteiger partial charge in [0.2, 0.25) is 11.8 Å². The molecular weight excluding hydrogens is 969 g/mol. The summed E-state index contributed by atoms with van der Waals surface area (Å²) in [6.07, 6.45) is 6.67. The Morgan fingerprint density at radius 1 is 0.865 bits per heavy atom. The van der Waals surface area contributed by atoms with Gasteiger partial charge in [0.15, 0.2) is 11.0 Å². The number of aliphatic hydroxyl groups is 1. The normalized spacial score (nSPS) is 18.8. The number of ether oxygens (including phenoxy) is 1. The highest BCUT2D eigenvalue weighted by Gasteiger charge is 2.52. The Morgan fingerprint density at radius 3 is 1.89 bits per heavy atom.